The van der Waals surface area contributed by atoms with Crippen molar-refractivity contribution in [3.05, 3.63) is 64.7 Å². The van der Waals surface area contributed by atoms with Crippen molar-refractivity contribution in [2.75, 3.05) is 13.1 Å². The molecule has 0 heterocycles. The SMILES string of the molecule is Cc1cc(O)cc(C)c1CC(NC(=O)OC(C)(C)C)C(=O)NC(C)C(=O)NCC(Cc1ccccc1)NC(=O)CCNC(=O)OC(C)(C)C. The minimum absolute atomic E-state index is 0.00302. The highest BCUT2D eigenvalue weighted by atomic mass is 16.6. The second-order valence-electron chi connectivity index (χ2n) is 14.1. The molecule has 0 aliphatic carbocycles. The molecule has 0 aliphatic rings. The third-order valence-corrected chi connectivity index (χ3v) is 7.08. The van der Waals surface area contributed by atoms with Gasteiger partial charge >= 0.3 is 12.2 Å². The van der Waals surface area contributed by atoms with E-state index in [1.165, 1.54) is 6.92 Å². The predicted octanol–water partition coefficient (Wildman–Crippen LogP) is 3.71. The van der Waals surface area contributed by atoms with Crippen LogP contribution < -0.4 is 26.6 Å². The smallest absolute Gasteiger partial charge is 0.408 e. The zero-order valence-corrected chi connectivity index (χ0v) is 30.1. The second kappa shape index (κ2) is 18.1. The number of benzene rings is 2. The Labute approximate surface area is 289 Å². The van der Waals surface area contributed by atoms with Gasteiger partial charge in [-0.3, -0.25) is 14.4 Å². The Morgan fingerprint density at radius 1 is 0.755 bits per heavy atom. The number of ether oxygens (including phenoxy) is 2. The highest BCUT2D eigenvalue weighted by Crippen LogP contribution is 2.22. The number of hydrogen-bond acceptors (Lipinski definition) is 8. The minimum Gasteiger partial charge on any atom is -0.508 e. The molecule has 3 atom stereocenters. The van der Waals surface area contributed by atoms with E-state index in [9.17, 15) is 29.1 Å². The first-order valence-corrected chi connectivity index (χ1v) is 16.4. The third kappa shape index (κ3) is 15.8. The number of aryl methyl sites for hydroxylation is 2. The molecule has 0 aliphatic heterocycles. The summed E-state index contributed by atoms with van der Waals surface area (Å²) >= 11 is 0. The standard InChI is InChI=1S/C36H53N5O8/c1-22-17-27(42)18-23(2)28(22)20-29(41-34(47)49-36(7,8)9)32(45)39-24(3)31(44)38-21-26(19-25-13-11-10-12-14-25)40-30(43)15-16-37-33(46)48-35(4,5)6/h10-14,17-18,24,26,29,42H,15-16,19-21H2,1-9H3,(H,37,46)(H,38,44)(H,39,45)(H,40,43)(H,41,47). The normalized spacial score (nSPS) is 13.2. The number of hydrogen-bond donors (Lipinski definition) is 6. The largest absolute Gasteiger partial charge is 0.508 e. The van der Waals surface area contributed by atoms with Crippen LogP contribution in [0.15, 0.2) is 42.5 Å². The number of nitrogens with one attached hydrogen (secondary N) is 5. The molecule has 3 unspecified atom stereocenters. The molecule has 13 nitrogen and oxygen atoms in total. The Balaban J connectivity index is 2.08. The van der Waals surface area contributed by atoms with E-state index in [2.05, 4.69) is 26.6 Å². The lowest BCUT2D eigenvalue weighted by Gasteiger charge is -2.26. The van der Waals surface area contributed by atoms with Gasteiger partial charge in [0.2, 0.25) is 17.7 Å². The van der Waals surface area contributed by atoms with E-state index < -0.39 is 53.3 Å². The Morgan fingerprint density at radius 3 is 1.90 bits per heavy atom. The van der Waals surface area contributed by atoms with E-state index in [0.29, 0.717) is 6.42 Å². The lowest BCUT2D eigenvalue weighted by atomic mass is 9.95. The second-order valence-corrected chi connectivity index (χ2v) is 14.1. The number of carbonyl (C=O) groups excluding carboxylic acids is 5. The van der Waals surface area contributed by atoms with E-state index in [1.54, 1.807) is 67.5 Å². The molecule has 49 heavy (non-hydrogen) atoms. The average molecular weight is 684 g/mol. The van der Waals surface area contributed by atoms with Crippen molar-refractivity contribution in [2.45, 2.75) is 111 Å². The maximum absolute atomic E-state index is 13.5. The molecule has 270 valence electrons. The summed E-state index contributed by atoms with van der Waals surface area (Å²) in [7, 11) is 0. The average Bonchev–Trinajstić information content (AvgIpc) is 2.95. The van der Waals surface area contributed by atoms with Crippen molar-refractivity contribution in [3.63, 3.8) is 0 Å². The zero-order chi connectivity index (χ0) is 36.9. The van der Waals surface area contributed by atoms with Crippen LogP contribution in [0.4, 0.5) is 9.59 Å². The van der Waals surface area contributed by atoms with E-state index in [4.69, 9.17) is 9.47 Å². The molecule has 6 N–H and O–H groups in total. The van der Waals surface area contributed by atoms with Gasteiger partial charge in [-0.15, -0.1) is 0 Å². The van der Waals surface area contributed by atoms with Crippen LogP contribution in [0.5, 0.6) is 5.75 Å². The molecule has 0 saturated carbocycles. The fourth-order valence-corrected chi connectivity index (χ4v) is 4.88. The summed E-state index contributed by atoms with van der Waals surface area (Å²) in [6, 6.07) is 10.00. The summed E-state index contributed by atoms with van der Waals surface area (Å²) in [6.45, 7) is 15.6. The van der Waals surface area contributed by atoms with Gasteiger partial charge in [-0.25, -0.2) is 9.59 Å². The van der Waals surface area contributed by atoms with Gasteiger partial charge in [0.15, 0.2) is 0 Å². The molecule has 0 saturated heterocycles. The van der Waals surface area contributed by atoms with E-state index in [-0.39, 0.29) is 37.6 Å². The van der Waals surface area contributed by atoms with Gasteiger partial charge in [0.25, 0.3) is 0 Å². The molecular weight excluding hydrogens is 630 g/mol. The lowest BCUT2D eigenvalue weighted by molar-refractivity contribution is -0.129. The summed E-state index contributed by atoms with van der Waals surface area (Å²) in [5.41, 5.74) is 1.70. The van der Waals surface area contributed by atoms with Crippen molar-refractivity contribution in [1.29, 1.82) is 0 Å². The molecule has 2 rings (SSSR count). The molecule has 2 aromatic carbocycles. The summed E-state index contributed by atoms with van der Waals surface area (Å²) in [5, 5.41) is 23.5. The minimum atomic E-state index is -1.09. The number of aromatic hydroxyl groups is 1. The highest BCUT2D eigenvalue weighted by molar-refractivity contribution is 5.91. The first kappa shape index (κ1) is 40.4. The van der Waals surface area contributed by atoms with E-state index >= 15 is 0 Å². The molecule has 0 bridgehead atoms. The Kier molecular flexibility index (Phi) is 14.9. The quantitative estimate of drug-likeness (QED) is 0.174. The highest BCUT2D eigenvalue weighted by Gasteiger charge is 2.28. The van der Waals surface area contributed by atoms with E-state index in [1.807, 2.05) is 30.3 Å². The fourth-order valence-electron chi connectivity index (χ4n) is 4.88. The zero-order valence-electron chi connectivity index (χ0n) is 30.1. The summed E-state index contributed by atoms with van der Waals surface area (Å²) in [5.74, 6) is -1.35. The molecule has 0 spiro atoms. The Hall–Kier alpha value is -4.81. The predicted molar refractivity (Wildman–Crippen MR) is 186 cm³/mol. The first-order valence-electron chi connectivity index (χ1n) is 16.4. The van der Waals surface area contributed by atoms with Crippen LogP contribution in [0.3, 0.4) is 0 Å². The van der Waals surface area contributed by atoms with Gasteiger partial charge in [0.1, 0.15) is 29.0 Å². The van der Waals surface area contributed by atoms with Crippen molar-refractivity contribution in [2.24, 2.45) is 0 Å². The van der Waals surface area contributed by atoms with Gasteiger partial charge in [0.05, 0.1) is 6.04 Å². The van der Waals surface area contributed by atoms with Crippen LogP contribution in [-0.2, 0) is 36.7 Å². The Bertz CT molecular complexity index is 1430. The molecular formula is C36H53N5O8. The maximum atomic E-state index is 13.5. The maximum Gasteiger partial charge on any atom is 0.408 e. The van der Waals surface area contributed by atoms with Crippen molar-refractivity contribution in [1.82, 2.24) is 26.6 Å². The van der Waals surface area contributed by atoms with Gasteiger partial charge in [0, 0.05) is 25.9 Å². The van der Waals surface area contributed by atoms with Crippen LogP contribution in [0.25, 0.3) is 0 Å². The van der Waals surface area contributed by atoms with Crippen LogP contribution in [-0.4, -0.2) is 77.4 Å². The van der Waals surface area contributed by atoms with Crippen molar-refractivity contribution < 1.29 is 38.6 Å². The number of carbonyl (C=O) groups is 5. The number of phenols is 1. The first-order chi connectivity index (χ1) is 22.7. The summed E-state index contributed by atoms with van der Waals surface area (Å²) in [4.78, 5) is 64.1. The molecule has 13 heteroatoms. The van der Waals surface area contributed by atoms with Crippen LogP contribution in [0.1, 0.15) is 77.1 Å². The number of phenolic OH excluding ortho intramolecular Hbond substituents is 1. The van der Waals surface area contributed by atoms with Crippen LogP contribution in [0.2, 0.25) is 0 Å². The van der Waals surface area contributed by atoms with Crippen LogP contribution >= 0.6 is 0 Å². The number of alkyl carbamates (subject to hydrolysis) is 2. The molecule has 2 aromatic rings. The van der Waals surface area contributed by atoms with Gasteiger partial charge in [-0.2, -0.15) is 0 Å². The summed E-state index contributed by atoms with van der Waals surface area (Å²) in [6.07, 6.45) is -0.913. The monoisotopic (exact) mass is 683 g/mol. The molecule has 0 radical (unpaired) electrons. The van der Waals surface area contributed by atoms with Crippen molar-refractivity contribution in [3.8, 4) is 5.75 Å². The number of amides is 5. The molecule has 5 amide bonds. The fraction of sp³-hybridized carbons (Fsp3) is 0.528. The third-order valence-electron chi connectivity index (χ3n) is 7.08. The topological polar surface area (TPSA) is 184 Å². The van der Waals surface area contributed by atoms with Gasteiger partial charge in [-0.05, 0) is 103 Å². The van der Waals surface area contributed by atoms with Gasteiger partial charge < -0.3 is 41.2 Å². The van der Waals surface area contributed by atoms with Gasteiger partial charge in [-0.1, -0.05) is 30.3 Å². The number of rotatable bonds is 14. The Morgan fingerprint density at radius 2 is 1.33 bits per heavy atom. The van der Waals surface area contributed by atoms with Crippen LogP contribution in [0, 0.1) is 13.8 Å². The molecule has 0 aromatic heterocycles. The molecule has 0 fully saturated rings. The summed E-state index contributed by atoms with van der Waals surface area (Å²) < 4.78 is 10.6. The lowest BCUT2D eigenvalue weighted by Crippen LogP contribution is -2.55. The van der Waals surface area contributed by atoms with Crippen molar-refractivity contribution >= 4 is 29.9 Å². The van der Waals surface area contributed by atoms with E-state index in [0.717, 1.165) is 22.3 Å².